The van der Waals surface area contributed by atoms with Crippen LogP contribution in [0.4, 0.5) is 5.69 Å². The topological polar surface area (TPSA) is 51.2 Å². The summed E-state index contributed by atoms with van der Waals surface area (Å²) in [5.74, 6) is 0.903. The number of rotatable bonds is 5. The van der Waals surface area contributed by atoms with Gasteiger partial charge < -0.3 is 24.6 Å². The number of methoxy groups -OCH3 is 1. The standard InChI is InChI=1S/C16H24N3O3/c1-21-15-4-2-3-14(11-15)18-9-7-17(8-10-18)6-5-16-12-19(20)13-22-16/h2-4,11,16H,5-10,12-13H2,1H3/q-1. The predicted molar refractivity (Wildman–Crippen MR) is 86.1 cm³/mol. The fourth-order valence-corrected chi connectivity index (χ4v) is 3.06. The largest absolute Gasteiger partial charge is 0.783 e. The van der Waals surface area contributed by atoms with E-state index in [0.29, 0.717) is 6.54 Å². The highest BCUT2D eigenvalue weighted by atomic mass is 16.6. The highest BCUT2D eigenvalue weighted by Crippen LogP contribution is 2.22. The molecule has 0 bridgehead atoms. The molecule has 122 valence electrons. The molecule has 1 aromatic rings. The van der Waals surface area contributed by atoms with E-state index in [-0.39, 0.29) is 12.8 Å². The molecule has 6 nitrogen and oxygen atoms in total. The first kappa shape index (κ1) is 15.6. The summed E-state index contributed by atoms with van der Waals surface area (Å²) >= 11 is 0. The average molecular weight is 306 g/mol. The van der Waals surface area contributed by atoms with Crippen LogP contribution in [0.2, 0.25) is 0 Å². The molecule has 0 amide bonds. The molecular formula is C16H24N3O3-. The Morgan fingerprint density at radius 3 is 2.77 bits per heavy atom. The lowest BCUT2D eigenvalue weighted by atomic mass is 10.2. The monoisotopic (exact) mass is 306 g/mol. The van der Waals surface area contributed by atoms with Gasteiger partial charge in [-0.15, -0.1) is 0 Å². The van der Waals surface area contributed by atoms with Gasteiger partial charge in [-0.1, -0.05) is 6.07 Å². The second-order valence-electron chi connectivity index (χ2n) is 5.90. The quantitative estimate of drug-likeness (QED) is 0.819. The Bertz CT molecular complexity index is 477. The van der Waals surface area contributed by atoms with Crippen molar-refractivity contribution in [2.45, 2.75) is 12.5 Å². The van der Waals surface area contributed by atoms with Gasteiger partial charge in [0.05, 0.1) is 19.9 Å². The molecule has 2 saturated heterocycles. The maximum Gasteiger partial charge on any atom is 0.120 e. The van der Waals surface area contributed by atoms with E-state index >= 15 is 0 Å². The van der Waals surface area contributed by atoms with Crippen LogP contribution in [0.5, 0.6) is 5.75 Å². The van der Waals surface area contributed by atoms with Crippen LogP contribution in [0.1, 0.15) is 6.42 Å². The molecule has 2 heterocycles. The van der Waals surface area contributed by atoms with Crippen LogP contribution in [-0.2, 0) is 4.74 Å². The van der Waals surface area contributed by atoms with Crippen molar-refractivity contribution in [2.24, 2.45) is 0 Å². The van der Waals surface area contributed by atoms with E-state index in [1.54, 1.807) is 7.11 Å². The van der Waals surface area contributed by atoms with Gasteiger partial charge in [0.2, 0.25) is 0 Å². The van der Waals surface area contributed by atoms with Crippen LogP contribution in [0, 0.1) is 5.21 Å². The Morgan fingerprint density at radius 2 is 2.09 bits per heavy atom. The van der Waals surface area contributed by atoms with E-state index < -0.39 is 0 Å². The van der Waals surface area contributed by atoms with E-state index in [4.69, 9.17) is 9.47 Å². The predicted octanol–water partition coefficient (Wildman–Crippen LogP) is 1.36. The van der Waals surface area contributed by atoms with Gasteiger partial charge >= 0.3 is 0 Å². The number of hydrogen-bond acceptors (Lipinski definition) is 6. The van der Waals surface area contributed by atoms with Crippen LogP contribution in [0.3, 0.4) is 0 Å². The molecule has 3 rings (SSSR count). The zero-order valence-corrected chi connectivity index (χ0v) is 13.1. The molecule has 2 fully saturated rings. The molecule has 0 N–H and O–H groups in total. The zero-order chi connectivity index (χ0) is 15.4. The van der Waals surface area contributed by atoms with Crippen molar-refractivity contribution in [2.75, 3.05) is 58.0 Å². The summed E-state index contributed by atoms with van der Waals surface area (Å²) in [5.41, 5.74) is 1.22. The van der Waals surface area contributed by atoms with Crippen LogP contribution in [-0.4, -0.2) is 69.2 Å². The highest BCUT2D eigenvalue weighted by molar-refractivity contribution is 5.51. The Kier molecular flexibility index (Phi) is 5.15. The smallest absolute Gasteiger partial charge is 0.120 e. The van der Waals surface area contributed by atoms with Gasteiger partial charge in [0.1, 0.15) is 5.75 Å². The lowest BCUT2D eigenvalue weighted by Gasteiger charge is -2.36. The number of hydroxylamine groups is 2. The maximum absolute atomic E-state index is 11.1. The molecule has 0 aliphatic carbocycles. The summed E-state index contributed by atoms with van der Waals surface area (Å²) < 4.78 is 10.7. The normalized spacial score (nSPS) is 23.9. The second kappa shape index (κ2) is 7.28. The molecule has 0 spiro atoms. The van der Waals surface area contributed by atoms with Crippen molar-refractivity contribution in [3.63, 3.8) is 0 Å². The van der Waals surface area contributed by atoms with Gasteiger partial charge in [-0.2, -0.15) is 0 Å². The summed E-state index contributed by atoms with van der Waals surface area (Å²) in [6.07, 6.45) is 1.05. The highest BCUT2D eigenvalue weighted by Gasteiger charge is 2.21. The van der Waals surface area contributed by atoms with Crippen LogP contribution >= 0.6 is 0 Å². The van der Waals surface area contributed by atoms with Gasteiger partial charge in [-0.25, -0.2) is 0 Å². The summed E-state index contributed by atoms with van der Waals surface area (Å²) in [7, 11) is 1.70. The van der Waals surface area contributed by atoms with Gasteiger partial charge in [0.25, 0.3) is 0 Å². The first-order valence-corrected chi connectivity index (χ1v) is 7.89. The van der Waals surface area contributed by atoms with E-state index in [1.807, 2.05) is 12.1 Å². The SMILES string of the molecule is COc1cccc(N2CCN(CCC3CN([O-])CO3)CC2)c1. The number of piperazine rings is 1. The molecular weight excluding hydrogens is 282 g/mol. The zero-order valence-electron chi connectivity index (χ0n) is 13.1. The Morgan fingerprint density at radius 1 is 1.27 bits per heavy atom. The molecule has 1 aromatic carbocycles. The molecule has 6 heteroatoms. The van der Waals surface area contributed by atoms with E-state index in [2.05, 4.69) is 21.9 Å². The van der Waals surface area contributed by atoms with Gasteiger partial charge in [-0.3, -0.25) is 4.90 Å². The fraction of sp³-hybridized carbons (Fsp3) is 0.625. The summed E-state index contributed by atoms with van der Waals surface area (Å²) in [6.45, 7) is 5.89. The molecule has 0 aromatic heterocycles. The van der Waals surface area contributed by atoms with Crippen molar-refractivity contribution >= 4 is 5.69 Å². The minimum atomic E-state index is 0.105. The Labute approximate surface area is 131 Å². The fourth-order valence-electron chi connectivity index (χ4n) is 3.06. The lowest BCUT2D eigenvalue weighted by molar-refractivity contribution is 0.0835. The first-order valence-electron chi connectivity index (χ1n) is 7.89. The minimum Gasteiger partial charge on any atom is -0.783 e. The van der Waals surface area contributed by atoms with Gasteiger partial charge in [0.15, 0.2) is 0 Å². The third-order valence-electron chi connectivity index (χ3n) is 4.42. The van der Waals surface area contributed by atoms with Crippen LogP contribution < -0.4 is 9.64 Å². The summed E-state index contributed by atoms with van der Waals surface area (Å²) in [5, 5.41) is 12.1. The van der Waals surface area contributed by atoms with Crippen LogP contribution in [0.25, 0.3) is 0 Å². The van der Waals surface area contributed by atoms with Crippen molar-refractivity contribution < 1.29 is 9.47 Å². The van der Waals surface area contributed by atoms with E-state index in [1.165, 1.54) is 5.69 Å². The maximum atomic E-state index is 11.1. The van der Waals surface area contributed by atoms with E-state index in [9.17, 15) is 5.21 Å². The van der Waals surface area contributed by atoms with Crippen molar-refractivity contribution in [1.29, 1.82) is 0 Å². The Balaban J connectivity index is 1.44. The minimum absolute atomic E-state index is 0.105. The third kappa shape index (κ3) is 3.89. The number of hydrogen-bond donors (Lipinski definition) is 0. The first-order chi connectivity index (χ1) is 10.7. The molecule has 2 aliphatic rings. The van der Waals surface area contributed by atoms with E-state index in [0.717, 1.165) is 50.0 Å². The van der Waals surface area contributed by atoms with Gasteiger partial charge in [0, 0.05) is 51.0 Å². The third-order valence-corrected chi connectivity index (χ3v) is 4.42. The summed E-state index contributed by atoms with van der Waals surface area (Å²) in [4.78, 5) is 4.85. The van der Waals surface area contributed by atoms with Crippen molar-refractivity contribution in [3.8, 4) is 5.75 Å². The molecule has 0 radical (unpaired) electrons. The molecule has 0 saturated carbocycles. The number of nitrogens with zero attached hydrogens (tertiary/aromatic N) is 3. The number of anilines is 1. The molecule has 1 atom stereocenters. The molecule has 2 aliphatic heterocycles. The lowest BCUT2D eigenvalue weighted by Crippen LogP contribution is -2.47. The van der Waals surface area contributed by atoms with Crippen molar-refractivity contribution in [3.05, 3.63) is 29.5 Å². The molecule has 1 unspecified atom stereocenters. The van der Waals surface area contributed by atoms with Crippen LogP contribution in [0.15, 0.2) is 24.3 Å². The number of ether oxygens (including phenoxy) is 2. The number of benzene rings is 1. The Hall–Kier alpha value is -1.34. The second-order valence-corrected chi connectivity index (χ2v) is 5.90. The van der Waals surface area contributed by atoms with Gasteiger partial charge in [-0.05, 0) is 18.6 Å². The molecule has 22 heavy (non-hydrogen) atoms. The van der Waals surface area contributed by atoms with Crippen molar-refractivity contribution in [1.82, 2.24) is 9.96 Å². The average Bonchev–Trinajstić information content (AvgIpc) is 2.99. The summed E-state index contributed by atoms with van der Waals surface area (Å²) in [6, 6.07) is 8.23.